The van der Waals surface area contributed by atoms with E-state index in [-0.39, 0.29) is 17.8 Å². The van der Waals surface area contributed by atoms with E-state index in [0.29, 0.717) is 13.0 Å². The van der Waals surface area contributed by atoms with Gasteiger partial charge in [-0.15, -0.1) is 0 Å². The number of amides is 1. The Hall–Kier alpha value is -2.46. The summed E-state index contributed by atoms with van der Waals surface area (Å²) in [6.07, 6.45) is 3.50. The van der Waals surface area contributed by atoms with Crippen molar-refractivity contribution in [1.29, 1.82) is 0 Å². The van der Waals surface area contributed by atoms with Gasteiger partial charge in [0, 0.05) is 12.0 Å². The molecule has 3 nitrogen and oxygen atoms in total. The zero-order valence-corrected chi connectivity index (χ0v) is 15.0. The lowest BCUT2D eigenvalue weighted by atomic mass is 9.88. The van der Waals surface area contributed by atoms with Crippen LogP contribution in [-0.4, -0.2) is 12.0 Å². The van der Waals surface area contributed by atoms with E-state index in [9.17, 15) is 9.18 Å². The van der Waals surface area contributed by atoms with E-state index in [4.69, 9.17) is 4.74 Å². The molecule has 0 aromatic heterocycles. The van der Waals surface area contributed by atoms with Crippen molar-refractivity contribution in [3.8, 4) is 0 Å². The van der Waals surface area contributed by atoms with Gasteiger partial charge in [-0.1, -0.05) is 42.0 Å². The van der Waals surface area contributed by atoms with Crippen LogP contribution < -0.4 is 4.90 Å². The molecule has 0 fully saturated rings. The van der Waals surface area contributed by atoms with Crippen LogP contribution in [0.1, 0.15) is 37.8 Å². The number of para-hydroxylation sites is 1. The number of hydrogen-bond donors (Lipinski definition) is 0. The van der Waals surface area contributed by atoms with Crippen LogP contribution in [0.15, 0.2) is 60.2 Å². The van der Waals surface area contributed by atoms with Crippen molar-refractivity contribution in [3.63, 3.8) is 0 Å². The van der Waals surface area contributed by atoms with Crippen molar-refractivity contribution in [2.24, 2.45) is 0 Å². The maximum atomic E-state index is 13.6. The van der Waals surface area contributed by atoms with Crippen LogP contribution in [-0.2, 0) is 21.7 Å². The third-order valence-electron chi connectivity index (χ3n) is 5.20. The minimum atomic E-state index is -0.965. The fraction of sp³-hybridized carbons (Fsp3) is 0.318. The maximum Gasteiger partial charge on any atom is 0.264 e. The van der Waals surface area contributed by atoms with Crippen molar-refractivity contribution in [1.82, 2.24) is 0 Å². The second kappa shape index (κ2) is 6.36. The number of carbonyl (C=O) groups excluding carboxylic acids is 1. The summed E-state index contributed by atoms with van der Waals surface area (Å²) in [6.45, 7) is 4.47. The van der Waals surface area contributed by atoms with Gasteiger partial charge >= 0.3 is 0 Å². The first kappa shape index (κ1) is 17.0. The first-order valence-electron chi connectivity index (χ1n) is 8.99. The van der Waals surface area contributed by atoms with Crippen molar-refractivity contribution in [3.05, 3.63) is 77.1 Å². The van der Waals surface area contributed by atoms with Gasteiger partial charge in [0.05, 0.1) is 18.3 Å². The average Bonchev–Trinajstić information content (AvgIpc) is 2.75. The van der Waals surface area contributed by atoms with Gasteiger partial charge in [-0.25, -0.2) is 4.39 Å². The molecule has 0 saturated heterocycles. The lowest BCUT2D eigenvalue weighted by Gasteiger charge is -2.30. The highest BCUT2D eigenvalue weighted by Crippen LogP contribution is 2.48. The zero-order valence-electron chi connectivity index (χ0n) is 15.0. The number of hydrogen-bond acceptors (Lipinski definition) is 2. The van der Waals surface area contributed by atoms with Crippen LogP contribution in [0.25, 0.3) is 0 Å². The smallest absolute Gasteiger partial charge is 0.264 e. The second-order valence-corrected chi connectivity index (χ2v) is 7.25. The normalized spacial score (nSPS) is 25.2. The molecule has 0 bridgehead atoms. The lowest BCUT2D eigenvalue weighted by molar-refractivity contribution is -0.150. The Labute approximate surface area is 153 Å². The summed E-state index contributed by atoms with van der Waals surface area (Å²) < 4.78 is 19.6. The number of benzene rings is 2. The molecule has 2 aliphatic heterocycles. The summed E-state index contributed by atoms with van der Waals surface area (Å²) in [6, 6.07) is 14.1. The number of anilines is 1. The quantitative estimate of drug-likeness (QED) is 0.733. The fourth-order valence-electron chi connectivity index (χ4n) is 3.97. The maximum absolute atomic E-state index is 13.6. The number of rotatable bonds is 2. The first-order valence-corrected chi connectivity index (χ1v) is 8.99. The molecule has 0 unspecified atom stereocenters. The van der Waals surface area contributed by atoms with Crippen molar-refractivity contribution in [2.45, 2.75) is 44.9 Å². The van der Waals surface area contributed by atoms with Crippen molar-refractivity contribution >= 4 is 11.6 Å². The molecule has 2 atom stereocenters. The van der Waals surface area contributed by atoms with Crippen LogP contribution >= 0.6 is 0 Å². The lowest BCUT2D eigenvalue weighted by Crippen LogP contribution is -2.43. The van der Waals surface area contributed by atoms with E-state index >= 15 is 0 Å². The van der Waals surface area contributed by atoms with Gasteiger partial charge in [0.15, 0.2) is 5.60 Å². The zero-order chi connectivity index (χ0) is 18.3. The standard InChI is InChI=1S/C22H22FNO2/c1-15-7-8-16(2)26-22(13-15)19-5-3-4-6-20(19)24(21(22)25)14-17-9-11-18(23)12-10-17/h3-7,9-12,16H,8,13-14H2,1-2H3/t16-,22-/m1/s1. The summed E-state index contributed by atoms with van der Waals surface area (Å²) in [7, 11) is 0. The van der Waals surface area contributed by atoms with Gasteiger partial charge in [-0.3, -0.25) is 4.79 Å². The van der Waals surface area contributed by atoms with E-state index in [0.717, 1.165) is 23.2 Å². The highest BCUT2D eigenvalue weighted by atomic mass is 19.1. The number of carbonyl (C=O) groups is 1. The Balaban J connectivity index is 1.77. The predicted molar refractivity (Wildman–Crippen MR) is 99.2 cm³/mol. The van der Waals surface area contributed by atoms with Gasteiger partial charge < -0.3 is 9.64 Å². The summed E-state index contributed by atoms with van der Waals surface area (Å²) in [5.41, 5.74) is 2.90. The van der Waals surface area contributed by atoms with Gasteiger partial charge in [0.25, 0.3) is 5.91 Å². The van der Waals surface area contributed by atoms with Gasteiger partial charge in [0.2, 0.25) is 0 Å². The highest BCUT2D eigenvalue weighted by molar-refractivity contribution is 6.07. The molecule has 4 heteroatoms. The Morgan fingerprint density at radius 2 is 1.92 bits per heavy atom. The number of fused-ring (bicyclic) bond motifs is 2. The van der Waals surface area contributed by atoms with Gasteiger partial charge in [0.1, 0.15) is 5.82 Å². The van der Waals surface area contributed by atoms with E-state index in [1.165, 1.54) is 17.7 Å². The monoisotopic (exact) mass is 351 g/mol. The molecule has 1 amide bonds. The van der Waals surface area contributed by atoms with E-state index < -0.39 is 5.60 Å². The second-order valence-electron chi connectivity index (χ2n) is 7.25. The van der Waals surface area contributed by atoms with Gasteiger partial charge in [-0.05, 0) is 44.0 Å². The minimum absolute atomic E-state index is 0.0322. The molecule has 4 rings (SSSR count). The molecule has 0 N–H and O–H groups in total. The first-order chi connectivity index (χ1) is 12.5. The van der Waals surface area contributed by atoms with Crippen molar-refractivity contribution in [2.75, 3.05) is 4.90 Å². The molecule has 134 valence electrons. The largest absolute Gasteiger partial charge is 0.357 e. The molecule has 0 aliphatic carbocycles. The molecule has 26 heavy (non-hydrogen) atoms. The molecule has 2 aromatic carbocycles. The van der Waals surface area contributed by atoms with Crippen LogP contribution in [0.5, 0.6) is 0 Å². The summed E-state index contributed by atoms with van der Waals surface area (Å²) in [5, 5.41) is 0. The third kappa shape index (κ3) is 2.74. The summed E-state index contributed by atoms with van der Waals surface area (Å²) >= 11 is 0. The number of ether oxygens (including phenoxy) is 1. The average molecular weight is 351 g/mol. The SMILES string of the molecule is CC1=CC[C@@H](C)O[C@@]2(C1)C(=O)N(Cc1ccc(F)cc1)c1ccccc12. The Bertz CT molecular complexity index is 874. The third-order valence-corrected chi connectivity index (χ3v) is 5.20. The van der Waals surface area contributed by atoms with E-state index in [2.05, 4.69) is 13.0 Å². The minimum Gasteiger partial charge on any atom is -0.357 e. The van der Waals surface area contributed by atoms with Crippen LogP contribution in [0.4, 0.5) is 10.1 Å². The molecule has 1 spiro atoms. The van der Waals surface area contributed by atoms with Crippen LogP contribution in [0.2, 0.25) is 0 Å². The molecular weight excluding hydrogens is 329 g/mol. The Morgan fingerprint density at radius 1 is 1.19 bits per heavy atom. The summed E-state index contributed by atoms with van der Waals surface area (Å²) in [4.78, 5) is 15.3. The molecule has 2 aromatic rings. The van der Waals surface area contributed by atoms with E-state index in [1.54, 1.807) is 17.0 Å². The summed E-state index contributed by atoms with van der Waals surface area (Å²) in [5.74, 6) is -0.315. The predicted octanol–water partition coefficient (Wildman–Crippen LogP) is 4.71. The van der Waals surface area contributed by atoms with Crippen molar-refractivity contribution < 1.29 is 13.9 Å². The van der Waals surface area contributed by atoms with Crippen LogP contribution in [0, 0.1) is 5.82 Å². The molecule has 0 radical (unpaired) electrons. The molecular formula is C22H22FNO2. The number of nitrogens with zero attached hydrogens (tertiary/aromatic N) is 1. The van der Waals surface area contributed by atoms with E-state index in [1.807, 2.05) is 31.2 Å². The highest BCUT2D eigenvalue weighted by Gasteiger charge is 2.53. The number of halogens is 1. The molecule has 0 saturated carbocycles. The van der Waals surface area contributed by atoms with Gasteiger partial charge in [-0.2, -0.15) is 0 Å². The molecule has 2 heterocycles. The Kier molecular flexibility index (Phi) is 4.16. The topological polar surface area (TPSA) is 29.5 Å². The molecule has 2 aliphatic rings. The van der Waals surface area contributed by atoms with Crippen LogP contribution in [0.3, 0.4) is 0 Å². The fourth-order valence-corrected chi connectivity index (χ4v) is 3.97. The Morgan fingerprint density at radius 3 is 2.69 bits per heavy atom.